The van der Waals surface area contributed by atoms with E-state index < -0.39 is 10.0 Å². The van der Waals surface area contributed by atoms with Crippen molar-refractivity contribution in [1.29, 1.82) is 0 Å². The number of hydrogen-bond acceptors (Lipinski definition) is 4. The highest BCUT2D eigenvalue weighted by molar-refractivity contribution is 7.89. The van der Waals surface area contributed by atoms with Crippen molar-refractivity contribution >= 4 is 21.7 Å². The van der Waals surface area contributed by atoms with Crippen LogP contribution in [0.4, 0.5) is 10.5 Å². The van der Waals surface area contributed by atoms with Gasteiger partial charge in [-0.05, 0) is 31.9 Å². The van der Waals surface area contributed by atoms with Crippen molar-refractivity contribution in [1.82, 2.24) is 19.4 Å². The summed E-state index contributed by atoms with van der Waals surface area (Å²) < 4.78 is 28.3. The zero-order valence-electron chi connectivity index (χ0n) is 14.8. The summed E-state index contributed by atoms with van der Waals surface area (Å²) in [5.74, 6) is 0. The molecule has 26 heavy (non-hydrogen) atoms. The second-order valence-electron chi connectivity index (χ2n) is 6.39. The molecule has 1 saturated heterocycles. The largest absolute Gasteiger partial charge is 0.335 e. The van der Waals surface area contributed by atoms with Crippen LogP contribution in [0.1, 0.15) is 18.5 Å². The van der Waals surface area contributed by atoms with Crippen molar-refractivity contribution in [3.05, 3.63) is 42.2 Å². The second-order valence-corrected chi connectivity index (χ2v) is 8.33. The molecule has 0 atom stereocenters. The molecule has 2 amide bonds. The van der Waals surface area contributed by atoms with Crippen LogP contribution in [-0.4, -0.2) is 47.7 Å². The predicted molar refractivity (Wildman–Crippen MR) is 98.3 cm³/mol. The van der Waals surface area contributed by atoms with E-state index in [2.05, 4.69) is 15.7 Å². The zero-order valence-corrected chi connectivity index (χ0v) is 15.7. The minimum absolute atomic E-state index is 0.0609. The Labute approximate surface area is 153 Å². The summed E-state index contributed by atoms with van der Waals surface area (Å²) in [6, 6.07) is 8.06. The van der Waals surface area contributed by atoms with Crippen molar-refractivity contribution in [3.63, 3.8) is 0 Å². The fourth-order valence-electron chi connectivity index (χ4n) is 3.05. The molecule has 2 heterocycles. The van der Waals surface area contributed by atoms with Crippen LogP contribution in [0.2, 0.25) is 0 Å². The van der Waals surface area contributed by atoms with Gasteiger partial charge < -0.3 is 10.6 Å². The lowest BCUT2D eigenvalue weighted by Crippen LogP contribution is -2.47. The van der Waals surface area contributed by atoms with Crippen molar-refractivity contribution in [2.24, 2.45) is 7.05 Å². The number of nitrogens with one attached hydrogen (secondary N) is 2. The van der Waals surface area contributed by atoms with Crippen LogP contribution < -0.4 is 10.6 Å². The van der Waals surface area contributed by atoms with E-state index in [9.17, 15) is 13.2 Å². The van der Waals surface area contributed by atoms with Crippen molar-refractivity contribution < 1.29 is 13.2 Å². The van der Waals surface area contributed by atoms with E-state index in [0.29, 0.717) is 36.5 Å². The molecule has 8 nitrogen and oxygen atoms in total. The third-order valence-electron chi connectivity index (χ3n) is 4.43. The molecule has 1 aromatic carbocycles. The number of nitrogens with zero attached hydrogens (tertiary/aromatic N) is 3. The fourth-order valence-corrected chi connectivity index (χ4v) is 4.54. The lowest BCUT2D eigenvalue weighted by molar-refractivity contribution is 0.238. The highest BCUT2D eigenvalue weighted by atomic mass is 32.2. The van der Waals surface area contributed by atoms with Crippen molar-refractivity contribution in [2.45, 2.75) is 30.7 Å². The highest BCUT2D eigenvalue weighted by Gasteiger charge is 2.29. The Morgan fingerprint density at radius 2 is 1.85 bits per heavy atom. The number of hydrogen-bond donors (Lipinski definition) is 2. The number of urea groups is 1. The van der Waals surface area contributed by atoms with Gasteiger partial charge in [-0.2, -0.15) is 9.40 Å². The Bertz CT molecular complexity index is 871. The van der Waals surface area contributed by atoms with Crippen LogP contribution in [0, 0.1) is 6.92 Å². The summed E-state index contributed by atoms with van der Waals surface area (Å²) >= 11 is 0. The third kappa shape index (κ3) is 4.05. The van der Waals surface area contributed by atoms with Gasteiger partial charge in [-0.1, -0.05) is 18.2 Å². The monoisotopic (exact) mass is 377 g/mol. The minimum Gasteiger partial charge on any atom is -0.335 e. The SMILES string of the molecule is Cc1nn(C)cc1NC(=O)NC1CCN(S(=O)(=O)c2ccccc2)CC1. The molecule has 1 aliphatic heterocycles. The molecule has 1 aromatic heterocycles. The Balaban J connectivity index is 1.54. The highest BCUT2D eigenvalue weighted by Crippen LogP contribution is 2.20. The number of carbonyl (C=O) groups excluding carboxylic acids is 1. The molecule has 1 fully saturated rings. The number of sulfonamides is 1. The number of rotatable bonds is 4. The Hall–Kier alpha value is -2.39. The Morgan fingerprint density at radius 3 is 2.42 bits per heavy atom. The van der Waals surface area contributed by atoms with Gasteiger partial charge in [-0.25, -0.2) is 13.2 Å². The van der Waals surface area contributed by atoms with Crippen LogP contribution in [0.3, 0.4) is 0 Å². The molecule has 140 valence electrons. The maximum Gasteiger partial charge on any atom is 0.319 e. The summed E-state index contributed by atoms with van der Waals surface area (Å²) in [6.45, 7) is 2.59. The molecule has 0 radical (unpaired) electrons. The van der Waals surface area contributed by atoms with E-state index >= 15 is 0 Å². The zero-order chi connectivity index (χ0) is 18.7. The number of amides is 2. The van der Waals surface area contributed by atoms with E-state index in [-0.39, 0.29) is 12.1 Å². The second kappa shape index (κ2) is 7.46. The standard InChI is InChI=1S/C17H23N5O3S/c1-13-16(12-21(2)20-13)19-17(23)18-14-8-10-22(11-9-14)26(24,25)15-6-4-3-5-7-15/h3-7,12,14H,8-11H2,1-2H3,(H2,18,19,23). The van der Waals surface area contributed by atoms with E-state index in [0.717, 1.165) is 5.69 Å². The van der Waals surface area contributed by atoms with E-state index in [1.807, 2.05) is 6.92 Å². The number of carbonyl (C=O) groups is 1. The van der Waals surface area contributed by atoms with Crippen molar-refractivity contribution in [3.8, 4) is 0 Å². The summed E-state index contributed by atoms with van der Waals surface area (Å²) in [4.78, 5) is 12.5. The minimum atomic E-state index is -3.47. The maximum atomic E-state index is 12.6. The molecule has 1 aliphatic rings. The molecule has 2 aromatic rings. The first-order chi connectivity index (χ1) is 12.4. The molecular weight excluding hydrogens is 354 g/mol. The summed E-state index contributed by atoms with van der Waals surface area (Å²) in [5.41, 5.74) is 1.40. The van der Waals surface area contributed by atoms with Crippen LogP contribution in [0.15, 0.2) is 41.4 Å². The van der Waals surface area contributed by atoms with Crippen molar-refractivity contribution in [2.75, 3.05) is 18.4 Å². The van der Waals surface area contributed by atoms with E-state index in [1.54, 1.807) is 48.3 Å². The lowest BCUT2D eigenvalue weighted by Gasteiger charge is -2.31. The number of benzene rings is 1. The van der Waals surface area contributed by atoms with Crippen LogP contribution in [0.25, 0.3) is 0 Å². The average molecular weight is 377 g/mol. The van der Waals surface area contributed by atoms with Gasteiger partial charge >= 0.3 is 6.03 Å². The molecule has 3 rings (SSSR count). The number of anilines is 1. The first-order valence-electron chi connectivity index (χ1n) is 8.49. The predicted octanol–water partition coefficient (Wildman–Crippen LogP) is 1.70. The van der Waals surface area contributed by atoms with Gasteiger partial charge in [-0.15, -0.1) is 0 Å². The summed E-state index contributed by atoms with van der Waals surface area (Å²) in [7, 11) is -1.68. The topological polar surface area (TPSA) is 96.3 Å². The maximum absolute atomic E-state index is 12.6. The molecule has 0 saturated carbocycles. The van der Waals surface area contributed by atoms with Gasteiger partial charge in [0.15, 0.2) is 0 Å². The molecule has 0 aliphatic carbocycles. The van der Waals surface area contributed by atoms with Gasteiger partial charge in [0.1, 0.15) is 0 Å². The number of aromatic nitrogens is 2. The molecule has 0 spiro atoms. The van der Waals surface area contributed by atoms with Crippen LogP contribution in [-0.2, 0) is 17.1 Å². The first kappa shape index (κ1) is 18.4. The quantitative estimate of drug-likeness (QED) is 0.848. The number of piperidine rings is 1. The molecule has 2 N–H and O–H groups in total. The third-order valence-corrected chi connectivity index (χ3v) is 6.34. The lowest BCUT2D eigenvalue weighted by atomic mass is 10.1. The van der Waals surface area contributed by atoms with Crippen LogP contribution >= 0.6 is 0 Å². The molecule has 0 bridgehead atoms. The first-order valence-corrected chi connectivity index (χ1v) is 9.93. The molecular formula is C17H23N5O3S. The fraction of sp³-hybridized carbons (Fsp3) is 0.412. The van der Waals surface area contributed by atoms with E-state index in [4.69, 9.17) is 0 Å². The summed E-state index contributed by atoms with van der Waals surface area (Å²) in [6.07, 6.45) is 2.89. The Morgan fingerprint density at radius 1 is 1.19 bits per heavy atom. The number of aryl methyl sites for hydroxylation is 2. The van der Waals surface area contributed by atoms with Gasteiger partial charge in [0.25, 0.3) is 0 Å². The summed E-state index contributed by atoms with van der Waals surface area (Å²) in [5, 5.41) is 9.86. The molecule has 0 unspecified atom stereocenters. The van der Waals surface area contributed by atoms with Gasteiger partial charge in [0, 0.05) is 32.4 Å². The van der Waals surface area contributed by atoms with Gasteiger partial charge in [-0.3, -0.25) is 4.68 Å². The van der Waals surface area contributed by atoms with Gasteiger partial charge in [0.2, 0.25) is 10.0 Å². The van der Waals surface area contributed by atoms with Gasteiger partial charge in [0.05, 0.1) is 16.3 Å². The normalized spacial score (nSPS) is 16.4. The van der Waals surface area contributed by atoms with E-state index in [1.165, 1.54) is 4.31 Å². The average Bonchev–Trinajstić information content (AvgIpc) is 2.93. The van der Waals surface area contributed by atoms with Crippen LogP contribution in [0.5, 0.6) is 0 Å². The smallest absolute Gasteiger partial charge is 0.319 e. The Kier molecular flexibility index (Phi) is 5.28. The molecule has 9 heteroatoms.